The minimum atomic E-state index is 0.729. The minimum Gasteiger partial charge on any atom is -0.497 e. The summed E-state index contributed by atoms with van der Waals surface area (Å²) in [7, 11) is 3.48. The standard InChI is InChI=1S/C21H31N7O/c1-22-20(26-17-18-5-7-19(29-2)8-6-18)23-11-4-12-27-13-15-28(16-14-27)21-24-9-3-10-25-21/h3,5-10H,4,11-17H2,1-2H3,(H2,22,23,26). The average molecular weight is 398 g/mol. The normalized spacial score (nSPS) is 15.2. The fourth-order valence-electron chi connectivity index (χ4n) is 3.29. The van der Waals surface area contributed by atoms with Crippen LogP contribution in [-0.2, 0) is 6.54 Å². The second-order valence-corrected chi connectivity index (χ2v) is 6.93. The molecule has 2 N–H and O–H groups in total. The van der Waals surface area contributed by atoms with E-state index in [0.29, 0.717) is 0 Å². The van der Waals surface area contributed by atoms with Crippen molar-refractivity contribution in [2.45, 2.75) is 13.0 Å². The Balaban J connectivity index is 1.30. The molecule has 8 heteroatoms. The Hall–Kier alpha value is -2.87. The third-order valence-electron chi connectivity index (χ3n) is 4.99. The van der Waals surface area contributed by atoms with E-state index in [9.17, 15) is 0 Å². The maximum absolute atomic E-state index is 5.19. The van der Waals surface area contributed by atoms with E-state index in [1.807, 2.05) is 18.2 Å². The largest absolute Gasteiger partial charge is 0.497 e. The summed E-state index contributed by atoms with van der Waals surface area (Å²) in [5.41, 5.74) is 1.19. The number of hydrogen-bond donors (Lipinski definition) is 2. The van der Waals surface area contributed by atoms with E-state index in [-0.39, 0.29) is 0 Å². The Morgan fingerprint density at radius 2 is 1.79 bits per heavy atom. The SMILES string of the molecule is CN=C(NCCCN1CCN(c2ncccn2)CC1)NCc1ccc(OC)cc1. The number of nitrogens with one attached hydrogen (secondary N) is 2. The number of guanidine groups is 1. The predicted octanol–water partition coefficient (Wildman–Crippen LogP) is 1.36. The highest BCUT2D eigenvalue weighted by atomic mass is 16.5. The number of rotatable bonds is 8. The van der Waals surface area contributed by atoms with Gasteiger partial charge in [-0.05, 0) is 36.7 Å². The maximum Gasteiger partial charge on any atom is 0.225 e. The monoisotopic (exact) mass is 397 g/mol. The molecule has 0 atom stereocenters. The predicted molar refractivity (Wildman–Crippen MR) is 116 cm³/mol. The van der Waals surface area contributed by atoms with Crippen molar-refractivity contribution >= 4 is 11.9 Å². The van der Waals surface area contributed by atoms with E-state index in [1.54, 1.807) is 26.6 Å². The second kappa shape index (κ2) is 11.2. The fraction of sp³-hybridized carbons (Fsp3) is 0.476. The highest BCUT2D eigenvalue weighted by Gasteiger charge is 2.18. The van der Waals surface area contributed by atoms with Crippen molar-refractivity contribution < 1.29 is 4.74 Å². The first kappa shape index (κ1) is 20.9. The van der Waals surface area contributed by atoms with Gasteiger partial charge in [0.05, 0.1) is 7.11 Å². The summed E-state index contributed by atoms with van der Waals surface area (Å²) in [6.07, 6.45) is 4.68. The summed E-state index contributed by atoms with van der Waals surface area (Å²) in [5, 5.41) is 6.74. The molecule has 0 amide bonds. The van der Waals surface area contributed by atoms with Gasteiger partial charge in [0.2, 0.25) is 5.95 Å². The van der Waals surface area contributed by atoms with Gasteiger partial charge in [0.25, 0.3) is 0 Å². The zero-order chi connectivity index (χ0) is 20.3. The molecule has 2 aromatic rings. The first-order valence-electron chi connectivity index (χ1n) is 10.1. The number of methoxy groups -OCH3 is 1. The molecule has 0 spiro atoms. The number of hydrogen-bond acceptors (Lipinski definition) is 6. The lowest BCUT2D eigenvalue weighted by molar-refractivity contribution is 0.254. The van der Waals surface area contributed by atoms with E-state index < -0.39 is 0 Å². The number of piperazine rings is 1. The Bertz CT molecular complexity index is 743. The molecular formula is C21H31N7O. The Labute approximate surface area is 173 Å². The van der Waals surface area contributed by atoms with Crippen LogP contribution in [0.5, 0.6) is 5.75 Å². The van der Waals surface area contributed by atoms with Gasteiger partial charge >= 0.3 is 0 Å². The van der Waals surface area contributed by atoms with Gasteiger partial charge in [-0.1, -0.05) is 12.1 Å². The molecular weight excluding hydrogens is 366 g/mol. The van der Waals surface area contributed by atoms with E-state index in [1.165, 1.54) is 5.56 Å². The van der Waals surface area contributed by atoms with Crippen molar-refractivity contribution in [3.8, 4) is 5.75 Å². The second-order valence-electron chi connectivity index (χ2n) is 6.93. The molecule has 1 fully saturated rings. The molecule has 0 bridgehead atoms. The van der Waals surface area contributed by atoms with Crippen LogP contribution in [0.2, 0.25) is 0 Å². The smallest absolute Gasteiger partial charge is 0.225 e. The first-order valence-corrected chi connectivity index (χ1v) is 10.1. The minimum absolute atomic E-state index is 0.729. The van der Waals surface area contributed by atoms with Gasteiger partial charge in [0.1, 0.15) is 5.75 Å². The molecule has 8 nitrogen and oxygen atoms in total. The van der Waals surface area contributed by atoms with E-state index in [0.717, 1.165) is 69.9 Å². The summed E-state index contributed by atoms with van der Waals surface area (Å²) in [4.78, 5) is 17.7. The van der Waals surface area contributed by atoms with Crippen molar-refractivity contribution in [1.29, 1.82) is 0 Å². The van der Waals surface area contributed by atoms with Crippen LogP contribution in [0.4, 0.5) is 5.95 Å². The number of aliphatic imine (C=N–C) groups is 1. The lowest BCUT2D eigenvalue weighted by Gasteiger charge is -2.34. The molecule has 2 heterocycles. The summed E-state index contributed by atoms with van der Waals surface area (Å²) in [6.45, 7) is 6.74. The highest BCUT2D eigenvalue weighted by Crippen LogP contribution is 2.11. The molecule has 1 saturated heterocycles. The van der Waals surface area contributed by atoms with E-state index >= 15 is 0 Å². The molecule has 1 aromatic heterocycles. The molecule has 0 radical (unpaired) electrons. The molecule has 29 heavy (non-hydrogen) atoms. The lowest BCUT2D eigenvalue weighted by atomic mass is 10.2. The maximum atomic E-state index is 5.19. The van der Waals surface area contributed by atoms with Crippen LogP contribution < -0.4 is 20.3 Å². The van der Waals surface area contributed by atoms with Gasteiger partial charge in [0.15, 0.2) is 5.96 Å². The van der Waals surface area contributed by atoms with Gasteiger partial charge in [-0.2, -0.15) is 0 Å². The van der Waals surface area contributed by atoms with Crippen LogP contribution in [0.25, 0.3) is 0 Å². The topological polar surface area (TPSA) is 77.9 Å². The number of benzene rings is 1. The van der Waals surface area contributed by atoms with Crippen molar-refractivity contribution in [3.63, 3.8) is 0 Å². The summed E-state index contributed by atoms with van der Waals surface area (Å²) < 4.78 is 5.19. The molecule has 3 rings (SSSR count). The fourth-order valence-corrected chi connectivity index (χ4v) is 3.29. The van der Waals surface area contributed by atoms with Gasteiger partial charge in [-0.3, -0.25) is 9.89 Å². The third-order valence-corrected chi connectivity index (χ3v) is 4.99. The summed E-state index contributed by atoms with van der Waals surface area (Å²) >= 11 is 0. The van der Waals surface area contributed by atoms with E-state index in [4.69, 9.17) is 4.74 Å². The Morgan fingerprint density at radius 1 is 1.07 bits per heavy atom. The first-order chi connectivity index (χ1) is 14.3. The zero-order valence-electron chi connectivity index (χ0n) is 17.3. The molecule has 0 unspecified atom stereocenters. The molecule has 0 aliphatic carbocycles. The molecule has 0 saturated carbocycles. The van der Waals surface area contributed by atoms with Crippen LogP contribution in [0.1, 0.15) is 12.0 Å². The van der Waals surface area contributed by atoms with Gasteiger partial charge in [-0.25, -0.2) is 9.97 Å². The lowest BCUT2D eigenvalue weighted by Crippen LogP contribution is -2.47. The molecule has 156 valence electrons. The Kier molecular flexibility index (Phi) is 8.06. The van der Waals surface area contributed by atoms with Gasteiger partial charge in [-0.15, -0.1) is 0 Å². The number of aromatic nitrogens is 2. The number of anilines is 1. The van der Waals surface area contributed by atoms with Crippen LogP contribution in [-0.4, -0.2) is 74.3 Å². The van der Waals surface area contributed by atoms with Crippen molar-refractivity contribution in [1.82, 2.24) is 25.5 Å². The van der Waals surface area contributed by atoms with Crippen molar-refractivity contribution in [3.05, 3.63) is 48.3 Å². The molecule has 1 aromatic carbocycles. The van der Waals surface area contributed by atoms with E-state index in [2.05, 4.69) is 47.5 Å². The van der Waals surface area contributed by atoms with Crippen LogP contribution in [0, 0.1) is 0 Å². The zero-order valence-corrected chi connectivity index (χ0v) is 17.3. The van der Waals surface area contributed by atoms with Crippen LogP contribution in [0.3, 0.4) is 0 Å². The average Bonchev–Trinajstić information content (AvgIpc) is 2.80. The van der Waals surface area contributed by atoms with Crippen molar-refractivity contribution in [2.75, 3.05) is 58.3 Å². The number of nitrogens with zero attached hydrogens (tertiary/aromatic N) is 5. The van der Waals surface area contributed by atoms with Gasteiger partial charge < -0.3 is 20.3 Å². The highest BCUT2D eigenvalue weighted by molar-refractivity contribution is 5.79. The van der Waals surface area contributed by atoms with Gasteiger partial charge in [0, 0.05) is 58.7 Å². The Morgan fingerprint density at radius 3 is 2.45 bits per heavy atom. The van der Waals surface area contributed by atoms with Crippen molar-refractivity contribution in [2.24, 2.45) is 4.99 Å². The third kappa shape index (κ3) is 6.60. The summed E-state index contributed by atoms with van der Waals surface area (Å²) in [5.74, 6) is 2.53. The van der Waals surface area contributed by atoms with Crippen LogP contribution in [0.15, 0.2) is 47.7 Å². The van der Waals surface area contributed by atoms with Crippen LogP contribution >= 0.6 is 0 Å². The quantitative estimate of drug-likeness (QED) is 0.396. The summed E-state index contributed by atoms with van der Waals surface area (Å²) in [6, 6.07) is 9.90. The molecule has 1 aliphatic heterocycles. The number of ether oxygens (including phenoxy) is 1. The molecule has 1 aliphatic rings.